The van der Waals surface area contributed by atoms with Gasteiger partial charge in [0, 0.05) is 5.69 Å². The molecule has 0 aliphatic heterocycles. The second-order valence-electron chi connectivity index (χ2n) is 5.59. The van der Waals surface area contributed by atoms with Crippen LogP contribution in [0, 0.1) is 6.92 Å². The second-order valence-corrected chi connectivity index (χ2v) is 5.59. The molecule has 124 valence electrons. The van der Waals surface area contributed by atoms with Gasteiger partial charge < -0.3 is 20.2 Å². The van der Waals surface area contributed by atoms with Gasteiger partial charge in [0.15, 0.2) is 0 Å². The number of carbonyl (C=O) groups excluding carboxylic acids is 1. The van der Waals surface area contributed by atoms with E-state index in [1.165, 1.54) is 0 Å². The normalized spacial score (nSPS) is 12.0. The van der Waals surface area contributed by atoms with Crippen LogP contribution in [0.15, 0.2) is 40.8 Å². The van der Waals surface area contributed by atoms with Crippen molar-refractivity contribution in [2.45, 2.75) is 39.3 Å². The molecule has 1 amide bonds. The van der Waals surface area contributed by atoms with Crippen LogP contribution in [-0.2, 0) is 17.8 Å². The number of hydrogen-bond acceptors (Lipinski definition) is 4. The number of nitrogens with one attached hydrogen (secondary N) is 2. The fourth-order valence-corrected chi connectivity index (χ4v) is 2.25. The van der Waals surface area contributed by atoms with E-state index in [2.05, 4.69) is 10.6 Å². The molecule has 5 nitrogen and oxygen atoms in total. The second kappa shape index (κ2) is 8.39. The molecule has 0 fully saturated rings. The molecule has 0 aliphatic rings. The summed E-state index contributed by atoms with van der Waals surface area (Å²) in [6, 6.07) is 11.5. The van der Waals surface area contributed by atoms with Gasteiger partial charge in [-0.2, -0.15) is 0 Å². The molecule has 0 spiro atoms. The van der Waals surface area contributed by atoms with Gasteiger partial charge in [0.25, 0.3) is 0 Å². The third-order valence-electron chi connectivity index (χ3n) is 3.66. The van der Waals surface area contributed by atoms with Crippen molar-refractivity contribution in [3.63, 3.8) is 0 Å². The number of carbonyl (C=O) groups is 1. The van der Waals surface area contributed by atoms with E-state index < -0.39 is 0 Å². The number of anilines is 1. The predicted molar refractivity (Wildman–Crippen MR) is 90.2 cm³/mol. The van der Waals surface area contributed by atoms with E-state index in [-0.39, 0.29) is 18.6 Å². The molecule has 0 saturated carbocycles. The first kappa shape index (κ1) is 17.1. The van der Waals surface area contributed by atoms with Crippen LogP contribution in [0.5, 0.6) is 0 Å². The first-order valence-electron chi connectivity index (χ1n) is 7.89. The van der Waals surface area contributed by atoms with E-state index >= 15 is 0 Å². The van der Waals surface area contributed by atoms with Crippen LogP contribution >= 0.6 is 0 Å². The molecule has 0 saturated heterocycles. The van der Waals surface area contributed by atoms with Crippen molar-refractivity contribution in [1.82, 2.24) is 5.32 Å². The molecule has 2 rings (SSSR count). The number of aryl methyl sites for hydroxylation is 1. The van der Waals surface area contributed by atoms with Gasteiger partial charge >= 0.3 is 0 Å². The van der Waals surface area contributed by atoms with Crippen LogP contribution in [0.3, 0.4) is 0 Å². The minimum atomic E-state index is -0.166. The Hall–Kier alpha value is -2.27. The summed E-state index contributed by atoms with van der Waals surface area (Å²) >= 11 is 0. The van der Waals surface area contributed by atoms with E-state index in [1.54, 1.807) is 0 Å². The fraction of sp³-hybridized carbons (Fsp3) is 0.389. The molecule has 2 aromatic rings. The van der Waals surface area contributed by atoms with Gasteiger partial charge in [-0.1, -0.05) is 19.1 Å². The summed E-state index contributed by atoms with van der Waals surface area (Å²) in [5.74, 6) is 1.72. The number of aliphatic hydroxyl groups is 1. The molecule has 5 heteroatoms. The molecule has 0 aliphatic carbocycles. The Labute approximate surface area is 136 Å². The number of hydrogen-bond donors (Lipinski definition) is 3. The molecule has 1 aromatic heterocycles. The summed E-state index contributed by atoms with van der Waals surface area (Å²) < 4.78 is 5.50. The number of amides is 1. The van der Waals surface area contributed by atoms with Crippen molar-refractivity contribution in [1.29, 1.82) is 0 Å². The van der Waals surface area contributed by atoms with Crippen LogP contribution < -0.4 is 10.6 Å². The largest absolute Gasteiger partial charge is 0.465 e. The standard InChI is InChI=1S/C18H24N2O3/c1-3-15(12-21)20-18(22)10-14-5-7-16(8-6-14)19-11-17-9-4-13(2)23-17/h4-9,15,19,21H,3,10-12H2,1-2H3,(H,20,22). The minimum absolute atomic E-state index is 0.0304. The summed E-state index contributed by atoms with van der Waals surface area (Å²) in [6.07, 6.45) is 1.03. The lowest BCUT2D eigenvalue weighted by Gasteiger charge is -2.14. The summed E-state index contributed by atoms with van der Waals surface area (Å²) in [5.41, 5.74) is 1.92. The Morgan fingerprint density at radius 1 is 1.22 bits per heavy atom. The summed E-state index contributed by atoms with van der Waals surface area (Å²) in [5, 5.41) is 15.2. The van der Waals surface area contributed by atoms with Crippen molar-refractivity contribution in [3.05, 3.63) is 53.5 Å². The van der Waals surface area contributed by atoms with Gasteiger partial charge in [-0.05, 0) is 43.2 Å². The Kier molecular flexibility index (Phi) is 6.23. The van der Waals surface area contributed by atoms with Crippen LogP contribution in [0.25, 0.3) is 0 Å². The average molecular weight is 316 g/mol. The van der Waals surface area contributed by atoms with Crippen molar-refractivity contribution in [2.24, 2.45) is 0 Å². The highest BCUT2D eigenvalue weighted by atomic mass is 16.3. The molecule has 1 heterocycles. The Morgan fingerprint density at radius 2 is 1.96 bits per heavy atom. The van der Waals surface area contributed by atoms with Crippen molar-refractivity contribution < 1.29 is 14.3 Å². The summed E-state index contributed by atoms with van der Waals surface area (Å²) in [6.45, 7) is 4.45. The SMILES string of the molecule is CCC(CO)NC(=O)Cc1ccc(NCc2ccc(C)o2)cc1. The van der Waals surface area contributed by atoms with Crippen molar-refractivity contribution in [2.75, 3.05) is 11.9 Å². The van der Waals surface area contributed by atoms with E-state index in [0.717, 1.165) is 29.2 Å². The van der Waals surface area contributed by atoms with E-state index in [1.807, 2.05) is 50.2 Å². The minimum Gasteiger partial charge on any atom is -0.465 e. The molecule has 0 radical (unpaired) electrons. The van der Waals surface area contributed by atoms with E-state index in [0.29, 0.717) is 13.0 Å². The molecule has 1 atom stereocenters. The highest BCUT2D eigenvalue weighted by molar-refractivity contribution is 5.79. The molecule has 1 unspecified atom stereocenters. The summed E-state index contributed by atoms with van der Waals surface area (Å²) in [7, 11) is 0. The molecule has 1 aromatic carbocycles. The Bertz CT molecular complexity index is 615. The van der Waals surface area contributed by atoms with Gasteiger partial charge in [-0.25, -0.2) is 0 Å². The van der Waals surface area contributed by atoms with Crippen LogP contribution in [0.1, 0.15) is 30.4 Å². The molecular weight excluding hydrogens is 292 g/mol. The van der Waals surface area contributed by atoms with E-state index in [4.69, 9.17) is 9.52 Å². The zero-order chi connectivity index (χ0) is 16.7. The third kappa shape index (κ3) is 5.45. The quantitative estimate of drug-likeness (QED) is 0.700. The zero-order valence-electron chi connectivity index (χ0n) is 13.6. The van der Waals surface area contributed by atoms with Gasteiger partial charge in [-0.15, -0.1) is 0 Å². The third-order valence-corrected chi connectivity index (χ3v) is 3.66. The van der Waals surface area contributed by atoms with E-state index in [9.17, 15) is 4.79 Å². The zero-order valence-corrected chi connectivity index (χ0v) is 13.6. The lowest BCUT2D eigenvalue weighted by molar-refractivity contribution is -0.121. The fourth-order valence-electron chi connectivity index (χ4n) is 2.25. The van der Waals surface area contributed by atoms with Crippen molar-refractivity contribution >= 4 is 11.6 Å². The highest BCUT2D eigenvalue weighted by Gasteiger charge is 2.09. The Balaban J connectivity index is 1.83. The van der Waals surface area contributed by atoms with Gasteiger partial charge in [-0.3, -0.25) is 4.79 Å². The number of benzene rings is 1. The number of aliphatic hydroxyl groups excluding tert-OH is 1. The monoisotopic (exact) mass is 316 g/mol. The summed E-state index contributed by atoms with van der Waals surface area (Å²) in [4.78, 5) is 11.9. The molecule has 3 N–H and O–H groups in total. The van der Waals surface area contributed by atoms with Crippen LogP contribution in [0.4, 0.5) is 5.69 Å². The average Bonchev–Trinajstić information content (AvgIpc) is 2.97. The lowest BCUT2D eigenvalue weighted by Crippen LogP contribution is -2.37. The topological polar surface area (TPSA) is 74.5 Å². The van der Waals surface area contributed by atoms with Gasteiger partial charge in [0.1, 0.15) is 11.5 Å². The van der Waals surface area contributed by atoms with Crippen molar-refractivity contribution in [3.8, 4) is 0 Å². The molecule has 23 heavy (non-hydrogen) atoms. The predicted octanol–water partition coefficient (Wildman–Crippen LogP) is 2.63. The molecule has 0 bridgehead atoms. The lowest BCUT2D eigenvalue weighted by atomic mass is 10.1. The smallest absolute Gasteiger partial charge is 0.224 e. The highest BCUT2D eigenvalue weighted by Crippen LogP contribution is 2.13. The first-order valence-corrected chi connectivity index (χ1v) is 7.89. The molecular formula is C18H24N2O3. The van der Waals surface area contributed by atoms with Gasteiger partial charge in [0.05, 0.1) is 25.6 Å². The Morgan fingerprint density at radius 3 is 2.52 bits per heavy atom. The maximum absolute atomic E-state index is 11.9. The van der Waals surface area contributed by atoms with Gasteiger partial charge in [0.2, 0.25) is 5.91 Å². The first-order chi connectivity index (χ1) is 11.1. The number of furan rings is 1. The maximum Gasteiger partial charge on any atom is 0.224 e. The van der Waals surface area contributed by atoms with Crippen LogP contribution in [-0.4, -0.2) is 23.7 Å². The maximum atomic E-state index is 11.9. The number of rotatable bonds is 8. The van der Waals surface area contributed by atoms with Crippen LogP contribution in [0.2, 0.25) is 0 Å².